The third kappa shape index (κ3) is 3.13. The van der Waals surface area contributed by atoms with Crippen molar-refractivity contribution < 1.29 is 5.11 Å². The fourth-order valence-electron chi connectivity index (χ4n) is 4.13. The number of para-hydroxylation sites is 2. The summed E-state index contributed by atoms with van der Waals surface area (Å²) in [6, 6.07) is 8.00. The average molecular weight is 389 g/mol. The fraction of sp³-hybridized carbons (Fsp3) is 0.429. The predicted molar refractivity (Wildman–Crippen MR) is 109 cm³/mol. The molecule has 0 saturated heterocycles. The summed E-state index contributed by atoms with van der Waals surface area (Å²) in [7, 11) is 0. The molecule has 8 heteroatoms. The van der Waals surface area contributed by atoms with Gasteiger partial charge in [0.15, 0.2) is 17.0 Å². The number of aliphatic hydroxyl groups excluding tert-OH is 1. The minimum atomic E-state index is -0.166. The number of nitrogens with zero attached hydrogens (tertiary/aromatic N) is 5. The summed E-state index contributed by atoms with van der Waals surface area (Å²) in [5, 5.41) is 17.8. The van der Waals surface area contributed by atoms with Crippen LogP contribution in [0.1, 0.15) is 43.1 Å². The number of rotatable bonds is 6. The second kappa shape index (κ2) is 6.52. The second-order valence-corrected chi connectivity index (χ2v) is 8.32. The van der Waals surface area contributed by atoms with Crippen LogP contribution in [0.15, 0.2) is 30.5 Å². The molecule has 0 radical (unpaired) electrons. The summed E-state index contributed by atoms with van der Waals surface area (Å²) in [5.74, 6) is 2.59. The molecular weight excluding hydrogens is 366 g/mol. The van der Waals surface area contributed by atoms with E-state index in [1.807, 2.05) is 35.1 Å². The molecule has 3 heterocycles. The molecule has 2 saturated carbocycles. The normalized spacial score (nSPS) is 21.6. The Morgan fingerprint density at radius 2 is 2.03 bits per heavy atom. The maximum absolute atomic E-state index is 9.63. The van der Waals surface area contributed by atoms with Gasteiger partial charge in [-0.25, -0.2) is 19.6 Å². The molecule has 4 aromatic rings. The Morgan fingerprint density at radius 1 is 1.17 bits per heavy atom. The van der Waals surface area contributed by atoms with E-state index >= 15 is 0 Å². The lowest BCUT2D eigenvalue weighted by Crippen LogP contribution is -2.31. The smallest absolute Gasteiger partial charge is 0.179 e. The molecule has 0 atom stereocenters. The van der Waals surface area contributed by atoms with Crippen molar-refractivity contribution in [3.05, 3.63) is 42.0 Å². The molecule has 2 fully saturated rings. The Hall–Kier alpha value is -3.00. The molecule has 2 aliphatic rings. The topological polar surface area (TPSA) is 105 Å². The number of hydrogen-bond acceptors (Lipinski definition) is 6. The number of aliphatic hydroxyl groups is 1. The van der Waals surface area contributed by atoms with Gasteiger partial charge < -0.3 is 15.4 Å². The molecule has 0 amide bonds. The highest BCUT2D eigenvalue weighted by Gasteiger charge is 2.30. The van der Waals surface area contributed by atoms with Gasteiger partial charge in [0.05, 0.1) is 29.4 Å². The van der Waals surface area contributed by atoms with Gasteiger partial charge in [-0.3, -0.25) is 0 Å². The Bertz CT molecular complexity index is 1150. The number of hydrogen-bond donors (Lipinski definition) is 3. The van der Waals surface area contributed by atoms with Crippen LogP contribution >= 0.6 is 0 Å². The van der Waals surface area contributed by atoms with E-state index in [0.717, 1.165) is 58.9 Å². The number of aromatic amines is 1. The van der Waals surface area contributed by atoms with Crippen LogP contribution < -0.4 is 5.32 Å². The summed E-state index contributed by atoms with van der Waals surface area (Å²) >= 11 is 0. The van der Waals surface area contributed by atoms with Crippen LogP contribution in [0.25, 0.3) is 22.2 Å². The first-order valence-corrected chi connectivity index (χ1v) is 10.3. The number of H-pyrrole nitrogens is 1. The Morgan fingerprint density at radius 3 is 2.83 bits per heavy atom. The number of aromatic nitrogens is 6. The minimum absolute atomic E-state index is 0.166. The Kier molecular flexibility index (Phi) is 3.80. The summed E-state index contributed by atoms with van der Waals surface area (Å²) in [4.78, 5) is 17.5. The number of benzene rings is 1. The predicted octanol–water partition coefficient (Wildman–Crippen LogP) is 2.96. The van der Waals surface area contributed by atoms with Crippen LogP contribution in [-0.2, 0) is 13.1 Å². The van der Waals surface area contributed by atoms with Crippen molar-refractivity contribution in [1.29, 1.82) is 0 Å². The van der Waals surface area contributed by atoms with Gasteiger partial charge in [-0.05, 0) is 43.7 Å². The van der Waals surface area contributed by atoms with Gasteiger partial charge in [-0.1, -0.05) is 12.1 Å². The molecular formula is C21H23N7O. The highest BCUT2D eigenvalue weighted by Crippen LogP contribution is 2.39. The Balaban J connectivity index is 1.30. The van der Waals surface area contributed by atoms with Gasteiger partial charge >= 0.3 is 0 Å². The maximum Gasteiger partial charge on any atom is 0.179 e. The second-order valence-electron chi connectivity index (χ2n) is 8.32. The zero-order chi connectivity index (χ0) is 19.4. The standard InChI is InChI=1S/C21H23N7O/c29-14-7-12(8-14)11-28-21-19(22-9-17(26-21)13-5-6-13)20(27-28)23-10-18-24-15-3-1-2-4-16(15)25-18/h1-4,9,12-14,29H,5-8,10-11H2,(H,23,27)(H,24,25)/t12-,14+. The lowest BCUT2D eigenvalue weighted by atomic mass is 9.82. The molecule has 148 valence electrons. The number of nitrogens with one attached hydrogen (secondary N) is 2. The number of fused-ring (bicyclic) bond motifs is 2. The van der Waals surface area contributed by atoms with E-state index in [1.165, 1.54) is 12.8 Å². The molecule has 0 aliphatic heterocycles. The van der Waals surface area contributed by atoms with Crippen LogP contribution in [-0.4, -0.2) is 40.9 Å². The SMILES string of the molecule is O[C@H]1C[C@@H](Cn2nc(NCc3nc4ccccc4[nH]3)c3ncc(C4CC4)nc32)C1. The zero-order valence-electron chi connectivity index (χ0n) is 16.0. The molecule has 3 N–H and O–H groups in total. The van der Waals surface area contributed by atoms with E-state index in [4.69, 9.17) is 15.1 Å². The third-order valence-electron chi connectivity index (χ3n) is 5.96. The summed E-state index contributed by atoms with van der Waals surface area (Å²) in [5.41, 5.74) is 4.68. The molecule has 0 unspecified atom stereocenters. The Labute approximate surface area is 167 Å². The van der Waals surface area contributed by atoms with Gasteiger partial charge in [0.25, 0.3) is 0 Å². The molecule has 2 aliphatic carbocycles. The summed E-state index contributed by atoms with van der Waals surface area (Å²) in [6.07, 6.45) is 5.78. The first-order valence-electron chi connectivity index (χ1n) is 10.3. The van der Waals surface area contributed by atoms with Gasteiger partial charge in [0.2, 0.25) is 0 Å². The summed E-state index contributed by atoms with van der Waals surface area (Å²) < 4.78 is 1.96. The molecule has 8 nitrogen and oxygen atoms in total. The average Bonchev–Trinajstić information content (AvgIpc) is 3.39. The van der Waals surface area contributed by atoms with Crippen molar-refractivity contribution in [2.75, 3.05) is 5.32 Å². The molecule has 3 aromatic heterocycles. The monoisotopic (exact) mass is 389 g/mol. The van der Waals surface area contributed by atoms with Gasteiger partial charge in [0.1, 0.15) is 5.82 Å². The van der Waals surface area contributed by atoms with Crippen molar-refractivity contribution in [1.82, 2.24) is 29.7 Å². The van der Waals surface area contributed by atoms with Gasteiger partial charge in [-0.15, -0.1) is 0 Å². The van der Waals surface area contributed by atoms with Crippen molar-refractivity contribution in [2.45, 2.75) is 50.8 Å². The van der Waals surface area contributed by atoms with Crippen LogP contribution in [0.3, 0.4) is 0 Å². The number of imidazole rings is 1. The van der Waals surface area contributed by atoms with Crippen molar-refractivity contribution in [2.24, 2.45) is 5.92 Å². The molecule has 6 rings (SSSR count). The zero-order valence-corrected chi connectivity index (χ0v) is 16.0. The van der Waals surface area contributed by atoms with Crippen molar-refractivity contribution in [3.8, 4) is 0 Å². The van der Waals surface area contributed by atoms with E-state index in [1.54, 1.807) is 0 Å². The van der Waals surface area contributed by atoms with Crippen molar-refractivity contribution in [3.63, 3.8) is 0 Å². The van der Waals surface area contributed by atoms with E-state index in [9.17, 15) is 5.11 Å². The highest BCUT2D eigenvalue weighted by atomic mass is 16.3. The minimum Gasteiger partial charge on any atom is -0.393 e. The first kappa shape index (κ1) is 16.9. The molecule has 29 heavy (non-hydrogen) atoms. The fourth-order valence-corrected chi connectivity index (χ4v) is 4.13. The maximum atomic E-state index is 9.63. The van der Waals surface area contributed by atoms with E-state index < -0.39 is 0 Å². The van der Waals surface area contributed by atoms with E-state index in [0.29, 0.717) is 18.4 Å². The third-order valence-corrected chi connectivity index (χ3v) is 5.96. The van der Waals surface area contributed by atoms with Crippen LogP contribution in [0.2, 0.25) is 0 Å². The molecule has 0 bridgehead atoms. The van der Waals surface area contributed by atoms with E-state index in [2.05, 4.69) is 15.3 Å². The van der Waals surface area contributed by atoms with Crippen LogP contribution in [0, 0.1) is 5.92 Å². The largest absolute Gasteiger partial charge is 0.393 e. The van der Waals surface area contributed by atoms with Gasteiger partial charge in [0, 0.05) is 18.7 Å². The molecule has 1 aromatic carbocycles. The van der Waals surface area contributed by atoms with Gasteiger partial charge in [-0.2, -0.15) is 5.10 Å². The first-order chi connectivity index (χ1) is 14.2. The van der Waals surface area contributed by atoms with E-state index in [-0.39, 0.29) is 6.10 Å². The van der Waals surface area contributed by atoms with Crippen LogP contribution in [0.5, 0.6) is 0 Å². The van der Waals surface area contributed by atoms with Crippen LogP contribution in [0.4, 0.5) is 5.82 Å². The molecule has 0 spiro atoms. The summed E-state index contributed by atoms with van der Waals surface area (Å²) in [6.45, 7) is 1.30. The number of anilines is 1. The lowest BCUT2D eigenvalue weighted by Gasteiger charge is -2.31. The highest BCUT2D eigenvalue weighted by molar-refractivity contribution is 5.83. The lowest BCUT2D eigenvalue weighted by molar-refractivity contribution is 0.0342. The quantitative estimate of drug-likeness (QED) is 0.468. The van der Waals surface area contributed by atoms with Crippen molar-refractivity contribution >= 4 is 28.0 Å².